The van der Waals surface area contributed by atoms with Crippen molar-refractivity contribution in [1.82, 2.24) is 4.98 Å². The minimum atomic E-state index is -0.804. The van der Waals surface area contributed by atoms with Crippen LogP contribution in [0.25, 0.3) is 11.3 Å². The minimum Gasteiger partial charge on any atom is -0.486 e. The number of hydrogen-bond donors (Lipinski definition) is 1. The number of ether oxygens (including phenoxy) is 1. The summed E-state index contributed by atoms with van der Waals surface area (Å²) in [5.74, 6) is -0.0985. The molecular weight excluding hydrogens is 358 g/mol. The number of aryl methyl sites for hydroxylation is 1. The third-order valence-corrected chi connectivity index (χ3v) is 4.74. The lowest BCUT2D eigenvalue weighted by Gasteiger charge is -2.06. The van der Waals surface area contributed by atoms with Gasteiger partial charge < -0.3 is 9.84 Å². The maximum atomic E-state index is 10.7. The number of benzene rings is 2. The van der Waals surface area contributed by atoms with Gasteiger partial charge in [-0.1, -0.05) is 41.9 Å². The van der Waals surface area contributed by atoms with E-state index >= 15 is 0 Å². The van der Waals surface area contributed by atoms with Crippen molar-refractivity contribution >= 4 is 28.9 Å². The largest absolute Gasteiger partial charge is 0.486 e. The van der Waals surface area contributed by atoms with Gasteiger partial charge in [-0.2, -0.15) is 0 Å². The number of thiazole rings is 1. The molecule has 0 spiro atoms. The second kappa shape index (κ2) is 8.14. The Hall–Kier alpha value is -2.37. The molecule has 128 valence electrons. The predicted octanol–water partition coefficient (Wildman–Crippen LogP) is 5.06. The number of halogens is 1. The van der Waals surface area contributed by atoms with Gasteiger partial charge in [0, 0.05) is 22.4 Å². The summed E-state index contributed by atoms with van der Waals surface area (Å²) in [4.78, 5) is 15.2. The first-order chi connectivity index (χ1) is 12.1. The summed E-state index contributed by atoms with van der Waals surface area (Å²) in [6, 6.07) is 15.1. The molecule has 0 unspecified atom stereocenters. The fourth-order valence-electron chi connectivity index (χ4n) is 2.36. The molecule has 1 N–H and O–H groups in total. The Bertz CT molecular complexity index is 878. The number of carbonyl (C=O) groups is 1. The fraction of sp³-hybridized carbons (Fsp3) is 0.158. The quantitative estimate of drug-likeness (QED) is 0.628. The third kappa shape index (κ3) is 4.81. The highest BCUT2D eigenvalue weighted by Crippen LogP contribution is 2.29. The van der Waals surface area contributed by atoms with Gasteiger partial charge >= 0.3 is 5.97 Å². The van der Waals surface area contributed by atoms with Gasteiger partial charge in [-0.25, -0.2) is 4.98 Å². The van der Waals surface area contributed by atoms with Gasteiger partial charge in [0.15, 0.2) is 0 Å². The zero-order chi connectivity index (χ0) is 17.6. The molecule has 0 amide bonds. The highest BCUT2D eigenvalue weighted by Gasteiger charge is 2.08. The second-order valence-electron chi connectivity index (χ2n) is 5.44. The molecule has 6 heteroatoms. The number of aromatic nitrogens is 1. The van der Waals surface area contributed by atoms with E-state index in [4.69, 9.17) is 21.4 Å². The highest BCUT2D eigenvalue weighted by molar-refractivity contribution is 7.09. The molecule has 1 heterocycles. The molecule has 3 aromatic rings. The summed E-state index contributed by atoms with van der Waals surface area (Å²) in [5.41, 5.74) is 2.68. The van der Waals surface area contributed by atoms with E-state index in [9.17, 15) is 4.79 Å². The molecule has 0 aliphatic carbocycles. The van der Waals surface area contributed by atoms with Crippen LogP contribution in [0.15, 0.2) is 53.9 Å². The van der Waals surface area contributed by atoms with Gasteiger partial charge in [-0.3, -0.25) is 4.79 Å². The van der Waals surface area contributed by atoms with Crippen LogP contribution >= 0.6 is 22.9 Å². The van der Waals surface area contributed by atoms with Crippen molar-refractivity contribution in [3.05, 3.63) is 69.5 Å². The molecule has 2 aromatic carbocycles. The Labute approximate surface area is 154 Å². The van der Waals surface area contributed by atoms with Crippen LogP contribution in [0, 0.1) is 0 Å². The van der Waals surface area contributed by atoms with Crippen LogP contribution in [0.1, 0.15) is 17.0 Å². The average Bonchev–Trinajstić information content (AvgIpc) is 3.08. The Morgan fingerprint density at radius 2 is 2.04 bits per heavy atom. The van der Waals surface area contributed by atoms with Crippen LogP contribution in [-0.4, -0.2) is 16.1 Å². The summed E-state index contributed by atoms with van der Waals surface area (Å²) in [6.07, 6.45) is 0.595. The lowest BCUT2D eigenvalue weighted by molar-refractivity contribution is -0.136. The molecule has 0 aliphatic rings. The van der Waals surface area contributed by atoms with Gasteiger partial charge in [-0.05, 0) is 30.2 Å². The van der Waals surface area contributed by atoms with Crippen LogP contribution < -0.4 is 4.74 Å². The first kappa shape index (κ1) is 17.5. The lowest BCUT2D eigenvalue weighted by atomic mass is 10.1. The number of carboxylic acid groups (broad SMARTS) is 1. The van der Waals surface area contributed by atoms with Gasteiger partial charge in [0.2, 0.25) is 0 Å². The topological polar surface area (TPSA) is 59.4 Å². The van der Waals surface area contributed by atoms with E-state index in [-0.39, 0.29) is 6.42 Å². The average molecular weight is 374 g/mol. The molecule has 0 radical (unpaired) electrons. The van der Waals surface area contributed by atoms with Crippen LogP contribution in [0.5, 0.6) is 5.75 Å². The third-order valence-electron chi connectivity index (χ3n) is 3.59. The van der Waals surface area contributed by atoms with Crippen molar-refractivity contribution in [1.29, 1.82) is 0 Å². The Morgan fingerprint density at radius 3 is 2.84 bits per heavy atom. The van der Waals surface area contributed by atoms with Gasteiger partial charge in [-0.15, -0.1) is 11.3 Å². The highest BCUT2D eigenvalue weighted by atomic mass is 35.5. The molecule has 3 rings (SSSR count). The van der Waals surface area contributed by atoms with E-state index in [0.29, 0.717) is 23.8 Å². The second-order valence-corrected chi connectivity index (χ2v) is 6.79. The van der Waals surface area contributed by atoms with E-state index in [1.807, 2.05) is 53.9 Å². The summed E-state index contributed by atoms with van der Waals surface area (Å²) in [5, 5.41) is 12.3. The molecule has 1 aromatic heterocycles. The van der Waals surface area contributed by atoms with Crippen molar-refractivity contribution in [2.45, 2.75) is 19.4 Å². The lowest BCUT2D eigenvalue weighted by Crippen LogP contribution is -1.99. The monoisotopic (exact) mass is 373 g/mol. The molecule has 4 nitrogen and oxygen atoms in total. The normalized spacial score (nSPS) is 10.6. The van der Waals surface area contributed by atoms with Crippen LogP contribution in [-0.2, 0) is 17.8 Å². The van der Waals surface area contributed by atoms with Crippen molar-refractivity contribution in [3.63, 3.8) is 0 Å². The SMILES string of the molecule is O=C(O)CCc1cccc(OCc2nc(-c3ccccc3Cl)cs2)c1. The molecule has 0 bridgehead atoms. The molecule has 0 atom stereocenters. The van der Waals surface area contributed by atoms with Crippen molar-refractivity contribution < 1.29 is 14.6 Å². The first-order valence-corrected chi connectivity index (χ1v) is 9.00. The summed E-state index contributed by atoms with van der Waals surface area (Å²) in [7, 11) is 0. The van der Waals surface area contributed by atoms with E-state index in [1.165, 1.54) is 11.3 Å². The van der Waals surface area contributed by atoms with Crippen molar-refractivity contribution in [2.24, 2.45) is 0 Å². The molecular formula is C19H16ClNO3S. The molecule has 0 aliphatic heterocycles. The maximum Gasteiger partial charge on any atom is 0.303 e. The molecule has 0 fully saturated rings. The number of rotatable bonds is 7. The number of carboxylic acids is 1. The summed E-state index contributed by atoms with van der Waals surface area (Å²) in [6.45, 7) is 0.359. The van der Waals surface area contributed by atoms with Crippen molar-refractivity contribution in [2.75, 3.05) is 0 Å². The van der Waals surface area contributed by atoms with E-state index in [2.05, 4.69) is 4.98 Å². The van der Waals surface area contributed by atoms with Crippen LogP contribution in [0.3, 0.4) is 0 Å². The van der Waals surface area contributed by atoms with Gasteiger partial charge in [0.05, 0.1) is 5.69 Å². The number of hydrogen-bond acceptors (Lipinski definition) is 4. The van der Waals surface area contributed by atoms with E-state index < -0.39 is 5.97 Å². The van der Waals surface area contributed by atoms with Gasteiger partial charge in [0.25, 0.3) is 0 Å². The van der Waals surface area contributed by atoms with Crippen molar-refractivity contribution in [3.8, 4) is 17.0 Å². The number of nitrogens with zero attached hydrogens (tertiary/aromatic N) is 1. The van der Waals surface area contributed by atoms with Crippen LogP contribution in [0.4, 0.5) is 0 Å². The Kier molecular flexibility index (Phi) is 5.68. The molecule has 25 heavy (non-hydrogen) atoms. The Morgan fingerprint density at radius 1 is 1.20 bits per heavy atom. The van der Waals surface area contributed by atoms with E-state index in [0.717, 1.165) is 21.8 Å². The first-order valence-electron chi connectivity index (χ1n) is 7.74. The zero-order valence-electron chi connectivity index (χ0n) is 13.3. The predicted molar refractivity (Wildman–Crippen MR) is 99.3 cm³/mol. The zero-order valence-corrected chi connectivity index (χ0v) is 14.9. The van der Waals surface area contributed by atoms with E-state index in [1.54, 1.807) is 0 Å². The standard InChI is InChI=1S/C19H16ClNO3S/c20-16-7-2-1-6-15(16)17-12-25-18(21-17)11-24-14-5-3-4-13(10-14)8-9-19(22)23/h1-7,10,12H,8-9,11H2,(H,22,23). The van der Waals surface area contributed by atoms with Crippen LogP contribution in [0.2, 0.25) is 5.02 Å². The molecule has 0 saturated carbocycles. The summed E-state index contributed by atoms with van der Waals surface area (Å²) < 4.78 is 5.79. The smallest absolute Gasteiger partial charge is 0.303 e. The summed E-state index contributed by atoms with van der Waals surface area (Å²) >= 11 is 7.72. The Balaban J connectivity index is 1.64. The maximum absolute atomic E-state index is 10.7. The fourth-order valence-corrected chi connectivity index (χ4v) is 3.29. The number of aliphatic carboxylic acids is 1. The molecule has 0 saturated heterocycles. The minimum absolute atomic E-state index is 0.108. The van der Waals surface area contributed by atoms with Gasteiger partial charge in [0.1, 0.15) is 17.4 Å².